The number of hydrogen-bond acceptors (Lipinski definition) is 0. The maximum atomic E-state index is 2.99. The van der Waals surface area contributed by atoms with E-state index in [4.69, 9.17) is 0 Å². The molecule has 0 atom stereocenters. The molecule has 0 heterocycles. The molecule has 0 fully saturated rings. The fraction of sp³-hybridized carbons (Fsp3) is 0.333. The topological polar surface area (TPSA) is 0 Å². The second-order valence-corrected chi connectivity index (χ2v) is 28.6. The van der Waals surface area contributed by atoms with Crippen LogP contribution >= 0.6 is 0 Å². The summed E-state index contributed by atoms with van der Waals surface area (Å²) in [6, 6.07) is 34.6. The van der Waals surface area contributed by atoms with E-state index in [0.717, 1.165) is 6.42 Å². The van der Waals surface area contributed by atoms with Crippen molar-refractivity contribution in [1.29, 1.82) is 0 Å². The summed E-state index contributed by atoms with van der Waals surface area (Å²) in [6.07, 6.45) is 10.0. The Labute approximate surface area is 333 Å². The van der Waals surface area contributed by atoms with Crippen molar-refractivity contribution in [3.8, 4) is 0 Å². The van der Waals surface area contributed by atoms with Gasteiger partial charge in [-0.15, -0.1) is 40.1 Å². The van der Waals surface area contributed by atoms with Crippen LogP contribution < -0.4 is 35.2 Å². The molecule has 0 aromatic heterocycles. The molecule has 0 bridgehead atoms. The smallest absolute Gasteiger partial charge is 0.109 e. The number of allylic oxidation sites excluding steroid dienone is 4. The molecule has 6 rings (SSSR count). The number of rotatable bonds is 4. The van der Waals surface area contributed by atoms with E-state index in [0.29, 0.717) is 0 Å². The molecule has 5 aromatic carbocycles. The van der Waals surface area contributed by atoms with E-state index >= 15 is 0 Å². The van der Waals surface area contributed by atoms with Crippen molar-refractivity contribution in [3.63, 3.8) is 0 Å². The molecule has 1 aliphatic carbocycles. The van der Waals surface area contributed by atoms with E-state index < -0.39 is 16.1 Å². The zero-order valence-electron chi connectivity index (χ0n) is 32.4. The Hall–Kier alpha value is -2.00. The molecular weight excluding hydrogens is 759 g/mol. The molecule has 264 valence electrons. The van der Waals surface area contributed by atoms with Gasteiger partial charge >= 0.3 is 153 Å². The number of halogens is 2. The minimum Gasteiger partial charge on any atom is -1.00 e. The molecule has 0 radical (unpaired) electrons. The van der Waals surface area contributed by atoms with Crippen LogP contribution in [0.25, 0.3) is 21.5 Å². The van der Waals surface area contributed by atoms with E-state index in [1.807, 2.05) is 12.2 Å². The van der Waals surface area contributed by atoms with Crippen LogP contribution in [0.5, 0.6) is 0 Å². The summed E-state index contributed by atoms with van der Waals surface area (Å²) < 4.78 is 1.46. The Morgan fingerprint density at radius 3 is 1.56 bits per heavy atom. The SMILES string of the molecule is CC(C)(C)c1ccc2[cH-]c3c(C(C)(C)C)cccc3c2c1.C[Si](C)(C)c1ccc([C](=[Zr+2])c2ccc([Si](C)(C)C)cc2)cc1.[C-]1=CC=CC1.[Cl-].[Cl-]. The second-order valence-electron chi connectivity index (χ2n) is 17.2. The van der Waals surface area contributed by atoms with Gasteiger partial charge in [-0.1, -0.05) is 83.0 Å². The summed E-state index contributed by atoms with van der Waals surface area (Å²) in [6.45, 7) is 28.1. The van der Waals surface area contributed by atoms with Crippen molar-refractivity contribution in [3.05, 3.63) is 138 Å². The third kappa shape index (κ3) is 11.5. The molecule has 0 nitrogen and oxygen atoms in total. The van der Waals surface area contributed by atoms with Gasteiger partial charge in [0.2, 0.25) is 0 Å². The van der Waals surface area contributed by atoms with Crippen molar-refractivity contribution in [2.75, 3.05) is 0 Å². The fourth-order valence-corrected chi connectivity index (χ4v) is 9.08. The number of fused-ring (bicyclic) bond motifs is 3. The van der Waals surface area contributed by atoms with Gasteiger partial charge in [0.1, 0.15) is 0 Å². The first-order valence-electron chi connectivity index (χ1n) is 17.4. The predicted octanol–water partition coefficient (Wildman–Crippen LogP) is 5.51. The van der Waals surface area contributed by atoms with E-state index in [1.165, 1.54) is 81.6 Å². The first-order valence-corrected chi connectivity index (χ1v) is 25.6. The predicted molar refractivity (Wildman–Crippen MR) is 218 cm³/mol. The first-order chi connectivity index (χ1) is 22.3. The molecule has 1 aliphatic rings. The molecule has 50 heavy (non-hydrogen) atoms. The van der Waals surface area contributed by atoms with Gasteiger partial charge in [0.05, 0.1) is 0 Å². The summed E-state index contributed by atoms with van der Waals surface area (Å²) in [5.74, 6) is 0. The molecular formula is C45H56Cl2Si2Zr-2. The van der Waals surface area contributed by atoms with Crippen LogP contribution in [0.3, 0.4) is 0 Å². The first kappa shape index (κ1) is 44.2. The van der Waals surface area contributed by atoms with Crippen molar-refractivity contribution in [1.82, 2.24) is 0 Å². The Kier molecular flexibility index (Phi) is 15.6. The maximum absolute atomic E-state index is 2.99. The van der Waals surface area contributed by atoms with Crippen molar-refractivity contribution >= 4 is 51.3 Å². The molecule has 0 aliphatic heterocycles. The van der Waals surface area contributed by atoms with E-state index in [-0.39, 0.29) is 35.6 Å². The summed E-state index contributed by atoms with van der Waals surface area (Å²) in [4.78, 5) is 0. The molecule has 5 heteroatoms. The van der Waals surface area contributed by atoms with Gasteiger partial charge < -0.3 is 24.8 Å². The minimum absolute atomic E-state index is 0. The van der Waals surface area contributed by atoms with E-state index in [2.05, 4.69) is 184 Å². The average molecular weight is 815 g/mol. The van der Waals surface area contributed by atoms with Crippen LogP contribution in [0, 0.1) is 6.08 Å². The summed E-state index contributed by atoms with van der Waals surface area (Å²) in [5, 5.41) is 8.62. The number of benzene rings is 4. The fourth-order valence-electron chi connectivity index (χ4n) is 5.93. The van der Waals surface area contributed by atoms with Crippen LogP contribution in [0.4, 0.5) is 0 Å². The van der Waals surface area contributed by atoms with Gasteiger partial charge in [0.25, 0.3) is 0 Å². The quantitative estimate of drug-likeness (QED) is 0.166. The standard InChI is InChI=1S/C21H25.C19H26Si2.C5H5.2ClH.Zr/c1-20(2,3)15-11-10-14-12-18-16(17(14)13-15)8-7-9-19(18)21(4,5)6;1-20(2,3)18-11-7-16(8-12-18)15-17-9-13-19(14-10-17)21(4,5)6;1-2-4-5-3-1;;;/h7-13H,1-6H3;7-14H,1-6H3;1-3H,4H2;2*1H;/q-1;;-1;;;+2/p-2. The summed E-state index contributed by atoms with van der Waals surface area (Å²) in [5.41, 5.74) is 5.97. The molecule has 5 aromatic rings. The van der Waals surface area contributed by atoms with Crippen LogP contribution in [0.1, 0.15) is 70.2 Å². The maximum Gasteiger partial charge on any atom is -0.109 e. The zero-order valence-corrected chi connectivity index (χ0v) is 38.3. The summed E-state index contributed by atoms with van der Waals surface area (Å²) >= 11 is 1.48. The van der Waals surface area contributed by atoms with Gasteiger partial charge in [0, 0.05) is 0 Å². The molecule has 0 spiro atoms. The van der Waals surface area contributed by atoms with Crippen molar-refractivity contribution in [2.24, 2.45) is 0 Å². The number of hydrogen-bond donors (Lipinski definition) is 0. The van der Waals surface area contributed by atoms with E-state index in [1.54, 1.807) is 0 Å². The minimum atomic E-state index is -1.20. The van der Waals surface area contributed by atoms with Crippen molar-refractivity contribution in [2.45, 2.75) is 98.1 Å². The van der Waals surface area contributed by atoms with Crippen LogP contribution in [-0.4, -0.2) is 19.4 Å². The Bertz CT molecular complexity index is 1850. The van der Waals surface area contributed by atoms with Crippen molar-refractivity contribution < 1.29 is 49.0 Å². The van der Waals surface area contributed by atoms with Crippen LogP contribution in [0.15, 0.2) is 109 Å². The van der Waals surface area contributed by atoms with Gasteiger partial charge in [-0.25, -0.2) is 12.2 Å². The van der Waals surface area contributed by atoms with Gasteiger partial charge in [-0.05, 0) is 10.8 Å². The molecule has 0 unspecified atom stereocenters. The largest absolute Gasteiger partial charge is 1.00 e. The third-order valence-corrected chi connectivity index (χ3v) is 14.6. The Balaban J connectivity index is 0.000000293. The van der Waals surface area contributed by atoms with Gasteiger partial charge in [-0.3, -0.25) is 6.08 Å². The average Bonchev–Trinajstić information content (AvgIpc) is 3.71. The third-order valence-electron chi connectivity index (χ3n) is 9.09. The van der Waals surface area contributed by atoms with Crippen LogP contribution in [0.2, 0.25) is 39.3 Å². The second kappa shape index (κ2) is 17.7. The monoisotopic (exact) mass is 812 g/mol. The van der Waals surface area contributed by atoms with E-state index in [9.17, 15) is 0 Å². The normalized spacial score (nSPS) is 12.8. The Morgan fingerprint density at radius 2 is 1.18 bits per heavy atom. The molecule has 0 saturated carbocycles. The Morgan fingerprint density at radius 1 is 0.660 bits per heavy atom. The zero-order chi connectivity index (χ0) is 35.5. The molecule has 0 N–H and O–H groups in total. The van der Waals surface area contributed by atoms with Gasteiger partial charge in [0.15, 0.2) is 0 Å². The molecule has 0 saturated heterocycles. The summed E-state index contributed by atoms with van der Waals surface area (Å²) in [7, 11) is -2.39. The molecule has 0 amide bonds. The van der Waals surface area contributed by atoms with Gasteiger partial charge in [-0.2, -0.15) is 6.08 Å². The van der Waals surface area contributed by atoms with Crippen LogP contribution in [-0.2, 0) is 35.1 Å².